The van der Waals surface area contributed by atoms with E-state index in [2.05, 4.69) is 11.9 Å². The maximum Gasteiger partial charge on any atom is 0.273 e. The molecule has 1 atom stereocenters. The maximum absolute atomic E-state index is 5.57. The lowest BCUT2D eigenvalue weighted by Crippen LogP contribution is -2.16. The first-order chi connectivity index (χ1) is 6.75. The molecule has 1 aliphatic rings. The molecule has 0 aliphatic carbocycles. The highest BCUT2D eigenvalue weighted by Gasteiger charge is 2.16. The highest BCUT2D eigenvalue weighted by atomic mass is 32.1. The van der Waals surface area contributed by atoms with Gasteiger partial charge in [0.1, 0.15) is 6.61 Å². The molecule has 3 nitrogen and oxygen atoms in total. The zero-order valence-corrected chi connectivity index (χ0v) is 9.39. The first-order valence-electron chi connectivity index (χ1n) is 4.94. The Labute approximate surface area is 88.1 Å². The number of aryl methyl sites for hydroxylation is 2. The van der Waals surface area contributed by atoms with Gasteiger partial charge in [-0.2, -0.15) is 0 Å². The van der Waals surface area contributed by atoms with Crippen LogP contribution in [0.25, 0.3) is 0 Å². The zero-order chi connectivity index (χ0) is 9.97. The van der Waals surface area contributed by atoms with Gasteiger partial charge < -0.3 is 9.47 Å². The first-order valence-corrected chi connectivity index (χ1v) is 5.76. The fourth-order valence-electron chi connectivity index (χ4n) is 1.45. The molecule has 4 heteroatoms. The van der Waals surface area contributed by atoms with E-state index in [1.54, 1.807) is 11.3 Å². The molecule has 1 fully saturated rings. The Kier molecular flexibility index (Phi) is 3.03. The Balaban J connectivity index is 1.85. The second-order valence-electron chi connectivity index (χ2n) is 3.57. The number of rotatable bonds is 3. The van der Waals surface area contributed by atoms with Crippen LogP contribution in [0.4, 0.5) is 0 Å². The van der Waals surface area contributed by atoms with Crippen LogP contribution in [0.2, 0.25) is 0 Å². The largest absolute Gasteiger partial charge is 0.467 e. The maximum atomic E-state index is 5.57. The Morgan fingerprint density at radius 2 is 2.43 bits per heavy atom. The lowest BCUT2D eigenvalue weighted by molar-refractivity contribution is 0.0678. The van der Waals surface area contributed by atoms with Crippen molar-refractivity contribution in [1.29, 1.82) is 0 Å². The van der Waals surface area contributed by atoms with E-state index in [0.29, 0.717) is 6.61 Å². The summed E-state index contributed by atoms with van der Waals surface area (Å²) >= 11 is 1.61. The van der Waals surface area contributed by atoms with E-state index >= 15 is 0 Å². The lowest BCUT2D eigenvalue weighted by atomic mass is 10.2. The van der Waals surface area contributed by atoms with Crippen molar-refractivity contribution in [3.63, 3.8) is 0 Å². The summed E-state index contributed by atoms with van der Waals surface area (Å²) in [5.74, 6) is 0. The van der Waals surface area contributed by atoms with Crippen molar-refractivity contribution >= 4 is 11.3 Å². The van der Waals surface area contributed by atoms with Gasteiger partial charge in [0.05, 0.1) is 11.8 Å². The minimum Gasteiger partial charge on any atom is -0.467 e. The molecule has 1 aromatic rings. The summed E-state index contributed by atoms with van der Waals surface area (Å²) in [6, 6.07) is 0. The average molecular weight is 213 g/mol. The fraction of sp³-hybridized carbons (Fsp3) is 0.700. The van der Waals surface area contributed by atoms with Crippen LogP contribution in [-0.4, -0.2) is 24.3 Å². The van der Waals surface area contributed by atoms with E-state index in [1.165, 1.54) is 4.88 Å². The van der Waals surface area contributed by atoms with Gasteiger partial charge in [-0.1, -0.05) is 11.3 Å². The van der Waals surface area contributed by atoms with E-state index in [1.807, 2.05) is 6.92 Å². The number of hydrogen-bond acceptors (Lipinski definition) is 4. The van der Waals surface area contributed by atoms with Gasteiger partial charge in [-0.3, -0.25) is 0 Å². The lowest BCUT2D eigenvalue weighted by Gasteiger charge is -2.08. The standard InChI is InChI=1S/C10H15NO2S/c1-7-8(2)14-10(11-7)13-6-9-4-3-5-12-9/h9H,3-6H2,1-2H3. The molecular weight excluding hydrogens is 198 g/mol. The molecule has 1 unspecified atom stereocenters. The Morgan fingerprint density at radius 3 is 3.00 bits per heavy atom. The third-order valence-corrected chi connectivity index (χ3v) is 3.41. The molecule has 0 spiro atoms. The number of ether oxygens (including phenoxy) is 2. The first kappa shape index (κ1) is 9.93. The van der Waals surface area contributed by atoms with Crippen LogP contribution in [0.3, 0.4) is 0 Å². The van der Waals surface area contributed by atoms with Crippen LogP contribution in [0, 0.1) is 13.8 Å². The summed E-state index contributed by atoms with van der Waals surface area (Å²) in [4.78, 5) is 5.54. The van der Waals surface area contributed by atoms with Gasteiger partial charge in [0, 0.05) is 11.5 Å². The molecule has 0 N–H and O–H groups in total. The van der Waals surface area contributed by atoms with Crippen molar-refractivity contribution in [1.82, 2.24) is 4.98 Å². The average Bonchev–Trinajstić information content (AvgIpc) is 2.74. The van der Waals surface area contributed by atoms with Crippen molar-refractivity contribution in [2.24, 2.45) is 0 Å². The van der Waals surface area contributed by atoms with E-state index < -0.39 is 0 Å². The number of aromatic nitrogens is 1. The van der Waals surface area contributed by atoms with Crippen LogP contribution in [0.15, 0.2) is 0 Å². The number of hydrogen-bond donors (Lipinski definition) is 0. The van der Waals surface area contributed by atoms with Gasteiger partial charge in [0.2, 0.25) is 0 Å². The summed E-state index contributed by atoms with van der Waals surface area (Å²) in [5, 5.41) is 0.774. The summed E-state index contributed by atoms with van der Waals surface area (Å²) in [6.45, 7) is 5.59. The van der Waals surface area contributed by atoms with Gasteiger partial charge in [-0.15, -0.1) is 0 Å². The van der Waals surface area contributed by atoms with Gasteiger partial charge in [-0.25, -0.2) is 4.98 Å². The minimum absolute atomic E-state index is 0.277. The Bertz CT molecular complexity index is 286. The van der Waals surface area contributed by atoms with Gasteiger partial charge in [0.15, 0.2) is 0 Å². The van der Waals surface area contributed by atoms with Gasteiger partial charge in [-0.05, 0) is 26.7 Å². The summed E-state index contributed by atoms with van der Waals surface area (Å²) in [6.07, 6.45) is 2.55. The van der Waals surface area contributed by atoms with E-state index in [9.17, 15) is 0 Å². The summed E-state index contributed by atoms with van der Waals surface area (Å²) in [7, 11) is 0. The van der Waals surface area contributed by atoms with Gasteiger partial charge >= 0.3 is 0 Å². The Hall–Kier alpha value is -0.610. The monoisotopic (exact) mass is 213 g/mol. The van der Waals surface area contributed by atoms with E-state index in [0.717, 1.165) is 30.3 Å². The quantitative estimate of drug-likeness (QED) is 0.772. The fourth-order valence-corrected chi connectivity index (χ4v) is 2.21. The second-order valence-corrected chi connectivity index (χ2v) is 4.73. The molecule has 1 aliphatic heterocycles. The molecule has 0 aromatic carbocycles. The van der Waals surface area contributed by atoms with Crippen LogP contribution in [-0.2, 0) is 4.74 Å². The number of nitrogens with zero attached hydrogens (tertiary/aromatic N) is 1. The molecule has 14 heavy (non-hydrogen) atoms. The van der Waals surface area contributed by atoms with Crippen LogP contribution in [0.5, 0.6) is 5.19 Å². The van der Waals surface area contributed by atoms with Crippen LogP contribution in [0.1, 0.15) is 23.4 Å². The van der Waals surface area contributed by atoms with Crippen LogP contribution < -0.4 is 4.74 Å². The molecule has 1 aromatic heterocycles. The van der Waals surface area contributed by atoms with E-state index in [4.69, 9.17) is 9.47 Å². The summed E-state index contributed by atoms with van der Waals surface area (Å²) < 4.78 is 11.0. The molecule has 0 bridgehead atoms. The minimum atomic E-state index is 0.277. The SMILES string of the molecule is Cc1nc(OCC2CCCO2)sc1C. The number of thiazole rings is 1. The van der Waals surface area contributed by atoms with E-state index in [-0.39, 0.29) is 6.10 Å². The highest BCUT2D eigenvalue weighted by Crippen LogP contribution is 2.24. The van der Waals surface area contributed by atoms with Crippen LogP contribution >= 0.6 is 11.3 Å². The third kappa shape index (κ3) is 2.25. The molecule has 0 saturated carbocycles. The zero-order valence-electron chi connectivity index (χ0n) is 8.58. The molecule has 0 amide bonds. The van der Waals surface area contributed by atoms with Gasteiger partial charge in [0.25, 0.3) is 5.19 Å². The van der Waals surface area contributed by atoms with Crippen molar-refractivity contribution in [2.45, 2.75) is 32.8 Å². The van der Waals surface area contributed by atoms with Crippen molar-refractivity contribution < 1.29 is 9.47 Å². The summed E-state index contributed by atoms with van der Waals surface area (Å²) in [5.41, 5.74) is 1.07. The Morgan fingerprint density at radius 1 is 1.57 bits per heavy atom. The topological polar surface area (TPSA) is 31.4 Å². The normalized spacial score (nSPS) is 21.4. The predicted octanol–water partition coefficient (Wildman–Crippen LogP) is 2.32. The second kappa shape index (κ2) is 4.28. The molecule has 0 radical (unpaired) electrons. The molecule has 78 valence electrons. The third-order valence-electron chi connectivity index (χ3n) is 2.43. The predicted molar refractivity (Wildman–Crippen MR) is 56.1 cm³/mol. The smallest absolute Gasteiger partial charge is 0.273 e. The molecule has 1 saturated heterocycles. The highest BCUT2D eigenvalue weighted by molar-refractivity contribution is 7.13. The molecular formula is C10H15NO2S. The van der Waals surface area contributed by atoms with Crippen molar-refractivity contribution in [3.8, 4) is 5.19 Å². The van der Waals surface area contributed by atoms with Crippen molar-refractivity contribution in [3.05, 3.63) is 10.6 Å². The molecule has 2 heterocycles. The molecule has 2 rings (SSSR count). The van der Waals surface area contributed by atoms with Crippen molar-refractivity contribution in [2.75, 3.05) is 13.2 Å².